The summed E-state index contributed by atoms with van der Waals surface area (Å²) < 4.78 is 0. The second-order valence-electron chi connectivity index (χ2n) is 0.839. The maximum atomic E-state index is 5.27. The van der Waals surface area contributed by atoms with E-state index in [1.54, 1.807) is 0 Å². The molecule has 0 amide bonds. The highest BCUT2D eigenvalue weighted by Gasteiger charge is 1.67. The van der Waals surface area contributed by atoms with Crippen molar-refractivity contribution in [1.82, 2.24) is 0 Å². The van der Waals surface area contributed by atoms with Crippen molar-refractivity contribution >= 4 is 23.2 Å². The van der Waals surface area contributed by atoms with E-state index in [0.717, 1.165) is 6.42 Å². The van der Waals surface area contributed by atoms with Crippen molar-refractivity contribution in [3.63, 3.8) is 0 Å². The summed E-state index contributed by atoms with van der Waals surface area (Å²) in [5, 5.41) is 0. The molecule has 0 aromatic heterocycles. The number of allylic oxidation sites excluding steroid dienone is 1. The van der Waals surface area contributed by atoms with E-state index in [1.165, 1.54) is 5.54 Å². The molecule has 0 unspecified atom stereocenters. The Balaban J connectivity index is 2.66. The van der Waals surface area contributed by atoms with Gasteiger partial charge in [-0.15, -0.1) is 11.6 Å². The lowest BCUT2D eigenvalue weighted by Gasteiger charge is -1.73. The van der Waals surface area contributed by atoms with Gasteiger partial charge in [0.1, 0.15) is 0 Å². The first kappa shape index (κ1) is 6.32. The minimum atomic E-state index is 0.656. The Hall–Kier alpha value is 0.320. The van der Waals surface area contributed by atoms with Crippen molar-refractivity contribution in [2.24, 2.45) is 0 Å². The van der Waals surface area contributed by atoms with Gasteiger partial charge in [-0.25, -0.2) is 0 Å². The van der Waals surface area contributed by atoms with Crippen molar-refractivity contribution < 1.29 is 0 Å². The molecule has 0 saturated heterocycles. The van der Waals surface area contributed by atoms with Crippen LogP contribution in [0.15, 0.2) is 11.6 Å². The van der Waals surface area contributed by atoms with Crippen molar-refractivity contribution in [3.8, 4) is 0 Å². The maximum Gasteiger partial charge on any atom is 0.0258 e. The third-order valence-electron chi connectivity index (χ3n) is 0.365. The Bertz CT molecular complexity index is 40.8. The summed E-state index contributed by atoms with van der Waals surface area (Å²) in [6, 6.07) is 0. The van der Waals surface area contributed by atoms with Gasteiger partial charge in [0.15, 0.2) is 0 Å². The van der Waals surface area contributed by atoms with E-state index in [-0.39, 0.29) is 0 Å². The summed E-state index contributed by atoms with van der Waals surface area (Å²) in [4.78, 5) is 0. The Morgan fingerprint density at radius 2 is 2.17 bits per heavy atom. The molecule has 0 spiro atoms. The summed E-state index contributed by atoms with van der Waals surface area (Å²) >= 11 is 10.4. The Labute approximate surface area is 47.8 Å². The molecule has 0 fully saturated rings. The van der Waals surface area contributed by atoms with Crippen LogP contribution in [0.1, 0.15) is 6.42 Å². The van der Waals surface area contributed by atoms with Crippen LogP contribution in [0.5, 0.6) is 0 Å². The van der Waals surface area contributed by atoms with Gasteiger partial charge in [-0.3, -0.25) is 0 Å². The van der Waals surface area contributed by atoms with Crippen molar-refractivity contribution in [2.45, 2.75) is 6.42 Å². The average molecular weight is 125 g/mol. The summed E-state index contributed by atoms with van der Waals surface area (Å²) in [5.41, 5.74) is 1.47. The highest BCUT2D eigenvalue weighted by Crippen LogP contribution is 1.86. The largest absolute Gasteiger partial charge is 0.126 e. The topological polar surface area (TPSA) is 0 Å². The maximum absolute atomic E-state index is 5.27. The first-order valence-electron chi connectivity index (χ1n) is 1.73. The predicted octanol–water partition coefficient (Wildman–Crippen LogP) is 2.37. The van der Waals surface area contributed by atoms with E-state index in [9.17, 15) is 0 Å². The van der Waals surface area contributed by atoms with Crippen LogP contribution < -0.4 is 0 Å². The molecule has 0 bridgehead atoms. The number of hydrogen-bond acceptors (Lipinski definition) is 0. The zero-order chi connectivity index (χ0) is 4.83. The van der Waals surface area contributed by atoms with Gasteiger partial charge in [-0.1, -0.05) is 17.7 Å². The fourth-order valence-corrected chi connectivity index (χ4v) is 0.378. The Kier molecular flexibility index (Phi) is 5.60. The normalized spacial score (nSPS) is 10.3. The van der Waals surface area contributed by atoms with E-state index >= 15 is 0 Å². The van der Waals surface area contributed by atoms with Gasteiger partial charge in [-0.05, 0) is 6.42 Å². The fraction of sp³-hybridized carbons (Fsp3) is 0.500. The number of alkyl halides is 1. The van der Waals surface area contributed by atoms with Gasteiger partial charge < -0.3 is 0 Å². The zero-order valence-electron chi connectivity index (χ0n) is 3.32. The molecule has 0 nitrogen and oxygen atoms in total. The van der Waals surface area contributed by atoms with Crippen LogP contribution in [-0.2, 0) is 0 Å². The molecule has 0 N–H and O–H groups in total. The van der Waals surface area contributed by atoms with Crippen LogP contribution in [0.4, 0.5) is 0 Å². The molecule has 0 atom stereocenters. The van der Waals surface area contributed by atoms with Crippen molar-refractivity contribution in [2.75, 3.05) is 5.88 Å². The summed E-state index contributed by atoms with van der Waals surface area (Å²) in [5.74, 6) is 0.656. The number of rotatable bonds is 2. The SMILES string of the molecule is ClC=CCCCl. The zero-order valence-corrected chi connectivity index (χ0v) is 4.84. The molecule has 0 heterocycles. The first-order chi connectivity index (χ1) is 2.91. The highest BCUT2D eigenvalue weighted by atomic mass is 35.5. The molecule has 6 heavy (non-hydrogen) atoms. The fourth-order valence-electron chi connectivity index (χ4n) is 0.126. The Morgan fingerprint density at radius 3 is 2.33 bits per heavy atom. The third kappa shape index (κ3) is 4.32. The summed E-state index contributed by atoms with van der Waals surface area (Å²) in [6.07, 6.45) is 2.68. The molecular formula is C4H6Cl2. The Morgan fingerprint density at radius 1 is 1.50 bits per heavy atom. The van der Waals surface area contributed by atoms with Crippen LogP contribution in [0.25, 0.3) is 0 Å². The number of halogens is 2. The lowest BCUT2D eigenvalue weighted by atomic mass is 10.5. The molecule has 0 radical (unpaired) electrons. The van der Waals surface area contributed by atoms with Crippen LogP contribution in [-0.4, -0.2) is 5.88 Å². The second-order valence-corrected chi connectivity index (χ2v) is 1.47. The van der Waals surface area contributed by atoms with Crippen molar-refractivity contribution in [1.29, 1.82) is 0 Å². The van der Waals surface area contributed by atoms with E-state index in [0.29, 0.717) is 5.88 Å². The number of hydrogen-bond donors (Lipinski definition) is 0. The average Bonchev–Trinajstić information content (AvgIpc) is 1.61. The molecule has 0 aliphatic carbocycles. The minimum absolute atomic E-state index is 0.656. The van der Waals surface area contributed by atoms with E-state index in [2.05, 4.69) is 0 Å². The van der Waals surface area contributed by atoms with Gasteiger partial charge in [0.25, 0.3) is 0 Å². The molecule has 0 aromatic carbocycles. The molecule has 0 aliphatic rings. The molecule has 0 saturated carbocycles. The van der Waals surface area contributed by atoms with E-state index < -0.39 is 0 Å². The van der Waals surface area contributed by atoms with Crippen LogP contribution in [0.3, 0.4) is 0 Å². The third-order valence-corrected chi connectivity index (χ3v) is 0.761. The second kappa shape index (κ2) is 5.32. The van der Waals surface area contributed by atoms with E-state index in [4.69, 9.17) is 23.2 Å². The van der Waals surface area contributed by atoms with Gasteiger partial charge >= 0.3 is 0 Å². The van der Waals surface area contributed by atoms with Gasteiger partial charge in [0.05, 0.1) is 0 Å². The van der Waals surface area contributed by atoms with Crippen LogP contribution >= 0.6 is 23.2 Å². The predicted molar refractivity (Wildman–Crippen MR) is 30.3 cm³/mol. The molecule has 36 valence electrons. The van der Waals surface area contributed by atoms with Crippen LogP contribution in [0, 0.1) is 0 Å². The molecule has 0 rings (SSSR count). The van der Waals surface area contributed by atoms with Crippen molar-refractivity contribution in [3.05, 3.63) is 11.6 Å². The lowest BCUT2D eigenvalue weighted by molar-refractivity contribution is 1.24. The molecule has 0 aromatic rings. The quantitative estimate of drug-likeness (QED) is 0.497. The molecular weight excluding hydrogens is 119 g/mol. The first-order valence-corrected chi connectivity index (χ1v) is 2.70. The standard InChI is InChI=1S/C4H6Cl2/c5-3-1-2-4-6/h1,3H,2,4H2. The summed E-state index contributed by atoms with van der Waals surface area (Å²) in [6.45, 7) is 0. The van der Waals surface area contributed by atoms with Gasteiger partial charge in [0, 0.05) is 11.4 Å². The smallest absolute Gasteiger partial charge is 0.0258 e. The molecule has 0 aliphatic heterocycles. The van der Waals surface area contributed by atoms with E-state index in [1.807, 2.05) is 6.08 Å². The molecule has 2 heteroatoms. The van der Waals surface area contributed by atoms with Gasteiger partial charge in [0.2, 0.25) is 0 Å². The van der Waals surface area contributed by atoms with Crippen LogP contribution in [0.2, 0.25) is 0 Å². The minimum Gasteiger partial charge on any atom is -0.126 e. The lowest BCUT2D eigenvalue weighted by Crippen LogP contribution is -1.61. The highest BCUT2D eigenvalue weighted by molar-refractivity contribution is 6.25. The summed E-state index contributed by atoms with van der Waals surface area (Å²) in [7, 11) is 0. The van der Waals surface area contributed by atoms with Gasteiger partial charge in [-0.2, -0.15) is 0 Å². The monoisotopic (exact) mass is 124 g/mol.